The maximum atomic E-state index is 5.50. The fraction of sp³-hybridized carbons (Fsp3) is 0.842. The van der Waals surface area contributed by atoms with E-state index in [1.165, 1.54) is 6.42 Å². The number of ether oxygens (including phenoxy) is 2. The molecule has 2 aliphatic heterocycles. The van der Waals surface area contributed by atoms with Crippen molar-refractivity contribution >= 4 is 29.9 Å². The molecule has 1 unspecified atom stereocenters. The Labute approximate surface area is 191 Å². The lowest BCUT2D eigenvalue weighted by molar-refractivity contribution is 0.0195. The van der Waals surface area contributed by atoms with E-state index in [1.807, 2.05) is 25.5 Å². The van der Waals surface area contributed by atoms with Crippen molar-refractivity contribution in [1.82, 2.24) is 29.9 Å². The molecule has 2 fully saturated rings. The van der Waals surface area contributed by atoms with Crippen LogP contribution < -0.4 is 5.32 Å². The van der Waals surface area contributed by atoms with Gasteiger partial charge in [-0.2, -0.15) is 0 Å². The molecule has 0 amide bonds. The highest BCUT2D eigenvalue weighted by Crippen LogP contribution is 2.17. The van der Waals surface area contributed by atoms with Gasteiger partial charge in [0, 0.05) is 59.0 Å². The van der Waals surface area contributed by atoms with Crippen LogP contribution in [-0.4, -0.2) is 95.7 Å². The minimum absolute atomic E-state index is 0. The van der Waals surface area contributed by atoms with Crippen molar-refractivity contribution in [3.8, 4) is 0 Å². The summed E-state index contributed by atoms with van der Waals surface area (Å²) in [5.41, 5.74) is 0. The number of aliphatic imine (C=N–C) groups is 1. The number of likely N-dealkylation sites (tertiary alicyclic amines) is 1. The Hall–Kier alpha value is -0.980. The third-order valence-corrected chi connectivity index (χ3v) is 5.53. The minimum Gasteiger partial charge on any atom is -0.382 e. The molecule has 3 heterocycles. The maximum Gasteiger partial charge on any atom is 0.194 e. The van der Waals surface area contributed by atoms with Gasteiger partial charge in [-0.3, -0.25) is 4.90 Å². The average Bonchev–Trinajstić information content (AvgIpc) is 3.33. The summed E-state index contributed by atoms with van der Waals surface area (Å²) in [6.07, 6.45) is 2.14. The van der Waals surface area contributed by atoms with Crippen molar-refractivity contribution in [3.63, 3.8) is 0 Å². The standard InChI is InChI=1S/C19H35N7O2.HI/c1-4-27-11-5-7-20-19(21-14-18-23-22-16(2)24(18)3)26-8-6-17(15-26)25-9-12-28-13-10-25;/h17H,4-15H2,1-3H3,(H,20,21);1H. The first-order valence-electron chi connectivity index (χ1n) is 10.5. The van der Waals surface area contributed by atoms with E-state index in [2.05, 4.69) is 25.3 Å². The summed E-state index contributed by atoms with van der Waals surface area (Å²) in [5.74, 6) is 2.76. The second kappa shape index (κ2) is 12.7. The molecule has 1 atom stereocenters. The molecule has 1 N–H and O–H groups in total. The zero-order valence-corrected chi connectivity index (χ0v) is 20.3. The van der Waals surface area contributed by atoms with E-state index in [1.54, 1.807) is 0 Å². The van der Waals surface area contributed by atoms with Gasteiger partial charge in [0.1, 0.15) is 12.4 Å². The van der Waals surface area contributed by atoms with E-state index in [-0.39, 0.29) is 24.0 Å². The molecule has 10 heteroatoms. The highest BCUT2D eigenvalue weighted by molar-refractivity contribution is 14.0. The summed E-state index contributed by atoms with van der Waals surface area (Å²) in [7, 11) is 1.99. The number of halogens is 1. The molecule has 0 saturated carbocycles. The fourth-order valence-electron chi connectivity index (χ4n) is 3.70. The third-order valence-electron chi connectivity index (χ3n) is 5.53. The van der Waals surface area contributed by atoms with Crippen molar-refractivity contribution in [3.05, 3.63) is 11.6 Å². The fourth-order valence-corrected chi connectivity index (χ4v) is 3.70. The summed E-state index contributed by atoms with van der Waals surface area (Å²) < 4.78 is 12.9. The van der Waals surface area contributed by atoms with Crippen molar-refractivity contribution in [2.24, 2.45) is 12.0 Å². The van der Waals surface area contributed by atoms with Crippen molar-refractivity contribution in [1.29, 1.82) is 0 Å². The minimum atomic E-state index is 0. The smallest absolute Gasteiger partial charge is 0.194 e. The Kier molecular flexibility index (Phi) is 10.6. The van der Waals surface area contributed by atoms with Crippen LogP contribution in [0.5, 0.6) is 0 Å². The number of aryl methyl sites for hydroxylation is 1. The Morgan fingerprint density at radius 1 is 1.28 bits per heavy atom. The zero-order valence-electron chi connectivity index (χ0n) is 18.0. The molecule has 0 aromatic carbocycles. The summed E-state index contributed by atoms with van der Waals surface area (Å²) in [4.78, 5) is 9.81. The molecule has 166 valence electrons. The first-order valence-corrected chi connectivity index (χ1v) is 10.5. The first-order chi connectivity index (χ1) is 13.7. The molecule has 0 bridgehead atoms. The molecular weight excluding hydrogens is 485 g/mol. The van der Waals surface area contributed by atoms with E-state index < -0.39 is 0 Å². The summed E-state index contributed by atoms with van der Waals surface area (Å²) >= 11 is 0. The molecule has 0 radical (unpaired) electrons. The van der Waals surface area contributed by atoms with Crippen LogP contribution in [0.15, 0.2) is 4.99 Å². The Morgan fingerprint density at radius 3 is 2.76 bits per heavy atom. The second-order valence-corrected chi connectivity index (χ2v) is 7.38. The van der Waals surface area contributed by atoms with Gasteiger partial charge < -0.3 is 24.3 Å². The van der Waals surface area contributed by atoms with Crippen LogP contribution in [0.25, 0.3) is 0 Å². The molecule has 2 aliphatic rings. The normalized spacial score (nSPS) is 20.7. The predicted octanol–water partition coefficient (Wildman–Crippen LogP) is 1.02. The Bertz CT molecular complexity index is 634. The maximum absolute atomic E-state index is 5.50. The van der Waals surface area contributed by atoms with Crippen LogP contribution in [0, 0.1) is 6.92 Å². The molecule has 29 heavy (non-hydrogen) atoms. The largest absolute Gasteiger partial charge is 0.382 e. The lowest BCUT2D eigenvalue weighted by Gasteiger charge is -2.32. The number of aromatic nitrogens is 3. The van der Waals surface area contributed by atoms with Gasteiger partial charge in [0.05, 0.1) is 13.2 Å². The molecule has 3 rings (SSSR count). The molecule has 0 spiro atoms. The first kappa shape index (κ1) is 24.3. The lowest BCUT2D eigenvalue weighted by Crippen LogP contribution is -2.47. The van der Waals surface area contributed by atoms with E-state index in [4.69, 9.17) is 14.5 Å². The van der Waals surface area contributed by atoms with Gasteiger partial charge in [-0.15, -0.1) is 34.2 Å². The van der Waals surface area contributed by atoms with Crippen molar-refractivity contribution < 1.29 is 9.47 Å². The Morgan fingerprint density at radius 2 is 2.07 bits per heavy atom. The van der Waals surface area contributed by atoms with E-state index in [0.717, 1.165) is 83.2 Å². The number of hydrogen-bond donors (Lipinski definition) is 1. The van der Waals surface area contributed by atoms with Crippen LogP contribution in [-0.2, 0) is 23.1 Å². The monoisotopic (exact) mass is 521 g/mol. The zero-order chi connectivity index (χ0) is 19.8. The van der Waals surface area contributed by atoms with Gasteiger partial charge in [-0.05, 0) is 26.7 Å². The quantitative estimate of drug-likeness (QED) is 0.237. The van der Waals surface area contributed by atoms with Crippen molar-refractivity contribution in [2.75, 3.05) is 59.2 Å². The van der Waals surface area contributed by atoms with E-state index in [0.29, 0.717) is 12.6 Å². The van der Waals surface area contributed by atoms with Gasteiger partial charge in [0.15, 0.2) is 11.8 Å². The predicted molar refractivity (Wildman–Crippen MR) is 124 cm³/mol. The molecular formula is C19H36IN7O2. The van der Waals surface area contributed by atoms with Gasteiger partial charge in [-0.1, -0.05) is 0 Å². The van der Waals surface area contributed by atoms with Crippen LogP contribution in [0.2, 0.25) is 0 Å². The topological polar surface area (TPSA) is 80.0 Å². The average molecular weight is 521 g/mol. The number of rotatable bonds is 8. The summed E-state index contributed by atoms with van der Waals surface area (Å²) in [5, 5.41) is 11.9. The molecule has 2 saturated heterocycles. The van der Waals surface area contributed by atoms with Crippen molar-refractivity contribution in [2.45, 2.75) is 39.3 Å². The number of morpholine rings is 1. The van der Waals surface area contributed by atoms with Crippen LogP contribution in [0.1, 0.15) is 31.4 Å². The van der Waals surface area contributed by atoms with Crippen LogP contribution in [0.4, 0.5) is 0 Å². The number of nitrogens with zero attached hydrogens (tertiary/aromatic N) is 6. The molecule has 1 aromatic rings. The van der Waals surface area contributed by atoms with Gasteiger partial charge in [-0.25, -0.2) is 4.99 Å². The highest BCUT2D eigenvalue weighted by Gasteiger charge is 2.30. The number of nitrogens with one attached hydrogen (secondary N) is 1. The van der Waals surface area contributed by atoms with Gasteiger partial charge in [0.2, 0.25) is 0 Å². The molecule has 0 aliphatic carbocycles. The number of guanidine groups is 1. The second-order valence-electron chi connectivity index (χ2n) is 7.38. The Balaban J connectivity index is 0.00000300. The van der Waals surface area contributed by atoms with E-state index in [9.17, 15) is 0 Å². The van der Waals surface area contributed by atoms with E-state index >= 15 is 0 Å². The molecule has 1 aromatic heterocycles. The highest BCUT2D eigenvalue weighted by atomic mass is 127. The summed E-state index contributed by atoms with van der Waals surface area (Å²) in [6, 6.07) is 0.580. The van der Waals surface area contributed by atoms with Crippen LogP contribution >= 0.6 is 24.0 Å². The summed E-state index contributed by atoms with van der Waals surface area (Å²) in [6.45, 7) is 12.7. The number of hydrogen-bond acceptors (Lipinski definition) is 6. The lowest BCUT2D eigenvalue weighted by atomic mass is 10.2. The SMILES string of the molecule is CCOCCCNC(=NCc1nnc(C)n1C)N1CCC(N2CCOCC2)C1.I. The molecule has 9 nitrogen and oxygen atoms in total. The third kappa shape index (κ3) is 7.04. The van der Waals surface area contributed by atoms with Crippen LogP contribution in [0.3, 0.4) is 0 Å². The van der Waals surface area contributed by atoms with Gasteiger partial charge in [0.25, 0.3) is 0 Å². The van der Waals surface area contributed by atoms with Gasteiger partial charge >= 0.3 is 0 Å².